The molecule has 6 heteroatoms. The van der Waals surface area contributed by atoms with Crippen molar-refractivity contribution in [3.05, 3.63) is 36.5 Å². The number of hydrogen-bond acceptors (Lipinski definition) is 3. The van der Waals surface area contributed by atoms with Crippen molar-refractivity contribution >= 4 is 17.8 Å². The molecule has 20 heavy (non-hydrogen) atoms. The van der Waals surface area contributed by atoms with Gasteiger partial charge in [0.05, 0.1) is 6.67 Å². The van der Waals surface area contributed by atoms with Crippen LogP contribution in [-0.4, -0.2) is 36.0 Å². The second kappa shape index (κ2) is 7.93. The maximum absolute atomic E-state index is 11.9. The summed E-state index contributed by atoms with van der Waals surface area (Å²) in [5.41, 5.74) is 0.468. The van der Waals surface area contributed by atoms with Gasteiger partial charge in [0.15, 0.2) is 0 Å². The number of nitrogens with one attached hydrogen (secondary N) is 2. The van der Waals surface area contributed by atoms with Gasteiger partial charge in [-0.2, -0.15) is 0 Å². The van der Waals surface area contributed by atoms with Gasteiger partial charge in [0.2, 0.25) is 5.91 Å². The summed E-state index contributed by atoms with van der Waals surface area (Å²) in [5, 5.41) is 4.83. The van der Waals surface area contributed by atoms with E-state index in [4.69, 9.17) is 0 Å². The molecule has 108 valence electrons. The van der Waals surface area contributed by atoms with E-state index in [-0.39, 0.29) is 24.9 Å². The summed E-state index contributed by atoms with van der Waals surface area (Å²) in [5.74, 6) is -0.588. The molecule has 0 aromatic rings. The third-order valence-electron chi connectivity index (χ3n) is 2.67. The first-order chi connectivity index (χ1) is 9.58. The number of rotatable bonds is 6. The van der Waals surface area contributed by atoms with Crippen molar-refractivity contribution in [2.75, 3.05) is 13.2 Å². The average molecular weight is 277 g/mol. The molecule has 0 radical (unpaired) electrons. The fourth-order valence-electron chi connectivity index (χ4n) is 1.60. The van der Waals surface area contributed by atoms with Crippen LogP contribution in [0, 0.1) is 0 Å². The smallest absolute Gasteiger partial charge is 0.325 e. The molecule has 4 amide bonds. The lowest BCUT2D eigenvalue weighted by Crippen LogP contribution is -2.53. The molecule has 1 aliphatic heterocycles. The summed E-state index contributed by atoms with van der Waals surface area (Å²) in [6, 6.07) is -0.486. The molecule has 0 saturated carbocycles. The molecule has 0 aromatic heterocycles. The zero-order valence-corrected chi connectivity index (χ0v) is 11.5. The first-order valence-corrected chi connectivity index (χ1v) is 6.44. The molecule has 1 fully saturated rings. The fourth-order valence-corrected chi connectivity index (χ4v) is 1.60. The SMILES string of the molecule is C=C/C=C(\C=C/CC)C(=O)NCN1CCC(=O)NC1=O. The maximum Gasteiger partial charge on any atom is 0.325 e. The van der Waals surface area contributed by atoms with Crippen molar-refractivity contribution in [2.24, 2.45) is 0 Å². The molecular formula is C14H19N3O3. The van der Waals surface area contributed by atoms with Crippen LogP contribution in [0.1, 0.15) is 19.8 Å². The summed E-state index contributed by atoms with van der Waals surface area (Å²) < 4.78 is 0. The zero-order chi connectivity index (χ0) is 15.0. The second-order valence-electron chi connectivity index (χ2n) is 4.20. The Morgan fingerprint density at radius 3 is 2.85 bits per heavy atom. The van der Waals surface area contributed by atoms with Crippen molar-refractivity contribution in [2.45, 2.75) is 19.8 Å². The monoisotopic (exact) mass is 277 g/mol. The highest BCUT2D eigenvalue weighted by Gasteiger charge is 2.22. The number of imide groups is 1. The lowest BCUT2D eigenvalue weighted by Gasteiger charge is -2.26. The van der Waals surface area contributed by atoms with Crippen LogP contribution >= 0.6 is 0 Å². The molecule has 0 atom stereocenters. The van der Waals surface area contributed by atoms with Crippen LogP contribution in [0.5, 0.6) is 0 Å². The van der Waals surface area contributed by atoms with Crippen LogP contribution in [0.15, 0.2) is 36.5 Å². The Kier molecular flexibility index (Phi) is 6.22. The summed E-state index contributed by atoms with van der Waals surface area (Å²) >= 11 is 0. The highest BCUT2D eigenvalue weighted by atomic mass is 16.2. The van der Waals surface area contributed by atoms with E-state index in [1.165, 1.54) is 11.0 Å². The van der Waals surface area contributed by atoms with Crippen LogP contribution in [-0.2, 0) is 9.59 Å². The van der Waals surface area contributed by atoms with E-state index in [2.05, 4.69) is 17.2 Å². The number of carbonyl (C=O) groups excluding carboxylic acids is 3. The molecule has 6 nitrogen and oxygen atoms in total. The van der Waals surface area contributed by atoms with Gasteiger partial charge in [-0.05, 0) is 6.42 Å². The quantitative estimate of drug-likeness (QED) is 0.563. The van der Waals surface area contributed by atoms with Crippen LogP contribution in [0.2, 0.25) is 0 Å². The maximum atomic E-state index is 11.9. The summed E-state index contributed by atoms with van der Waals surface area (Å²) in [4.78, 5) is 35.8. The summed E-state index contributed by atoms with van der Waals surface area (Å²) in [7, 11) is 0. The Hall–Kier alpha value is -2.37. The Bertz CT molecular complexity index is 466. The largest absolute Gasteiger partial charge is 0.334 e. The number of carbonyl (C=O) groups is 3. The molecule has 1 heterocycles. The Balaban J connectivity index is 2.55. The van der Waals surface area contributed by atoms with Crippen LogP contribution < -0.4 is 10.6 Å². The Morgan fingerprint density at radius 1 is 1.50 bits per heavy atom. The molecular weight excluding hydrogens is 258 g/mol. The predicted molar refractivity (Wildman–Crippen MR) is 75.6 cm³/mol. The Morgan fingerprint density at radius 2 is 2.25 bits per heavy atom. The molecule has 1 rings (SSSR count). The number of allylic oxidation sites excluding steroid dienone is 3. The van der Waals surface area contributed by atoms with Gasteiger partial charge in [-0.15, -0.1) is 0 Å². The highest BCUT2D eigenvalue weighted by Crippen LogP contribution is 2.02. The van der Waals surface area contributed by atoms with Crippen molar-refractivity contribution in [3.8, 4) is 0 Å². The minimum atomic E-state index is -0.486. The van der Waals surface area contributed by atoms with Gasteiger partial charge < -0.3 is 10.2 Å². The minimum Gasteiger partial charge on any atom is -0.334 e. The fraction of sp³-hybridized carbons (Fsp3) is 0.357. The van der Waals surface area contributed by atoms with Gasteiger partial charge in [-0.1, -0.05) is 37.8 Å². The molecule has 0 bridgehead atoms. The van der Waals surface area contributed by atoms with E-state index in [0.717, 1.165) is 6.42 Å². The third-order valence-corrected chi connectivity index (χ3v) is 2.67. The van der Waals surface area contributed by atoms with Crippen molar-refractivity contribution in [1.82, 2.24) is 15.5 Å². The van der Waals surface area contributed by atoms with Gasteiger partial charge in [0.1, 0.15) is 0 Å². The topological polar surface area (TPSA) is 78.5 Å². The molecule has 0 aromatic carbocycles. The van der Waals surface area contributed by atoms with Gasteiger partial charge in [0, 0.05) is 18.5 Å². The van der Waals surface area contributed by atoms with E-state index in [1.807, 2.05) is 13.0 Å². The molecule has 0 spiro atoms. The highest BCUT2D eigenvalue weighted by molar-refractivity contribution is 5.98. The lowest BCUT2D eigenvalue weighted by atomic mass is 10.2. The van der Waals surface area contributed by atoms with E-state index >= 15 is 0 Å². The standard InChI is InChI=1S/C14H19N3O3/c1-3-5-7-11(6-4-2)13(19)15-10-17-9-8-12(18)16-14(17)20/h4-7H,2-3,8-10H2,1H3,(H,15,19)(H,16,18,20)/b7-5-,11-6+. The second-order valence-corrected chi connectivity index (χ2v) is 4.20. The summed E-state index contributed by atoms with van der Waals surface area (Å²) in [6.45, 7) is 5.89. The molecule has 0 aliphatic carbocycles. The molecule has 0 unspecified atom stereocenters. The third kappa shape index (κ3) is 4.72. The average Bonchev–Trinajstić information content (AvgIpc) is 2.42. The normalized spacial score (nSPS) is 16.2. The predicted octanol–water partition coefficient (Wildman–Crippen LogP) is 1.08. The number of nitrogens with zero attached hydrogens (tertiary/aromatic N) is 1. The Labute approximate surface area is 118 Å². The van der Waals surface area contributed by atoms with Gasteiger partial charge in [0.25, 0.3) is 5.91 Å². The van der Waals surface area contributed by atoms with Crippen LogP contribution in [0.4, 0.5) is 4.79 Å². The van der Waals surface area contributed by atoms with Gasteiger partial charge >= 0.3 is 6.03 Å². The molecule has 2 N–H and O–H groups in total. The van der Waals surface area contributed by atoms with Gasteiger partial charge in [-0.3, -0.25) is 14.9 Å². The van der Waals surface area contributed by atoms with Gasteiger partial charge in [-0.25, -0.2) is 4.79 Å². The molecule has 1 saturated heterocycles. The first-order valence-electron chi connectivity index (χ1n) is 6.44. The summed E-state index contributed by atoms with van der Waals surface area (Å²) in [6.07, 6.45) is 7.76. The van der Waals surface area contributed by atoms with Crippen LogP contribution in [0.25, 0.3) is 0 Å². The van der Waals surface area contributed by atoms with Crippen molar-refractivity contribution < 1.29 is 14.4 Å². The van der Waals surface area contributed by atoms with Crippen molar-refractivity contribution in [3.63, 3.8) is 0 Å². The number of urea groups is 1. The van der Waals surface area contributed by atoms with Crippen molar-refractivity contribution in [1.29, 1.82) is 0 Å². The van der Waals surface area contributed by atoms with Crippen LogP contribution in [0.3, 0.4) is 0 Å². The van der Waals surface area contributed by atoms with E-state index in [0.29, 0.717) is 12.1 Å². The van der Waals surface area contributed by atoms with E-state index in [9.17, 15) is 14.4 Å². The lowest BCUT2D eigenvalue weighted by molar-refractivity contribution is -0.121. The minimum absolute atomic E-state index is 0.0619. The van der Waals surface area contributed by atoms with E-state index < -0.39 is 6.03 Å². The molecule has 1 aliphatic rings. The zero-order valence-electron chi connectivity index (χ0n) is 11.5. The first kappa shape index (κ1) is 15.7. The number of hydrogen-bond donors (Lipinski definition) is 2. The number of amides is 4. The van der Waals surface area contributed by atoms with E-state index in [1.54, 1.807) is 12.2 Å².